The fourth-order valence-electron chi connectivity index (χ4n) is 5.94. The van der Waals surface area contributed by atoms with Gasteiger partial charge in [-0.15, -0.1) is 6.58 Å². The summed E-state index contributed by atoms with van der Waals surface area (Å²) in [6.45, 7) is 25.5. The highest BCUT2D eigenvalue weighted by Gasteiger charge is 2.71. The molecule has 0 aromatic heterocycles. The van der Waals surface area contributed by atoms with E-state index in [9.17, 15) is 0 Å². The molecular formula is C23H42O2S2Si. The first-order valence-corrected chi connectivity index (χ1v) is 14.5. The van der Waals surface area contributed by atoms with E-state index in [1.807, 2.05) is 0 Å². The number of ether oxygens (including phenoxy) is 1. The zero-order valence-electron chi connectivity index (χ0n) is 19.5. The molecule has 5 heteroatoms. The molecule has 0 radical (unpaired) electrons. The summed E-state index contributed by atoms with van der Waals surface area (Å²) >= 11 is 9.69. The van der Waals surface area contributed by atoms with Gasteiger partial charge in [0.25, 0.3) is 0 Å². The van der Waals surface area contributed by atoms with Crippen LogP contribution < -0.4 is 0 Å². The molecule has 2 saturated carbocycles. The Morgan fingerprint density at radius 2 is 1.82 bits per heavy atom. The summed E-state index contributed by atoms with van der Waals surface area (Å²) in [5, 5.41) is 0.185. The van der Waals surface area contributed by atoms with E-state index in [1.54, 1.807) is 0 Å². The van der Waals surface area contributed by atoms with Crippen LogP contribution >= 0.6 is 24.8 Å². The van der Waals surface area contributed by atoms with Crippen molar-refractivity contribution in [3.8, 4) is 0 Å². The molecule has 2 bridgehead atoms. The Morgan fingerprint density at radius 3 is 2.29 bits per heavy atom. The smallest absolute Gasteiger partial charge is 0.217 e. The second-order valence-corrected chi connectivity index (χ2v) is 17.4. The molecule has 2 rings (SSSR count). The molecule has 2 aliphatic carbocycles. The molecule has 0 N–H and O–H groups in total. The second kappa shape index (κ2) is 7.69. The zero-order valence-corrected chi connectivity index (χ0v) is 22.2. The van der Waals surface area contributed by atoms with Crippen LogP contribution in [0.15, 0.2) is 12.7 Å². The van der Waals surface area contributed by atoms with Gasteiger partial charge in [0.2, 0.25) is 4.38 Å². The maximum Gasteiger partial charge on any atom is 0.217 e. The maximum atomic E-state index is 7.08. The van der Waals surface area contributed by atoms with Crippen LogP contribution in [0.25, 0.3) is 0 Å². The summed E-state index contributed by atoms with van der Waals surface area (Å²) < 4.78 is 13.8. The maximum absolute atomic E-state index is 7.08. The van der Waals surface area contributed by atoms with Crippen molar-refractivity contribution in [3.63, 3.8) is 0 Å². The van der Waals surface area contributed by atoms with Crippen molar-refractivity contribution in [2.45, 2.75) is 104 Å². The van der Waals surface area contributed by atoms with Crippen molar-refractivity contribution < 1.29 is 9.16 Å². The Hall–Kier alpha value is 0.157. The van der Waals surface area contributed by atoms with Crippen LogP contribution in [0.2, 0.25) is 18.1 Å². The SMILES string of the molecule is C=CC[C@]1(C)C(OC(=S)S)[C@H]2[C@H](O[Si](C)(C)C(C)(C)C)CCC[C@]1(C)C2(C)C. The summed E-state index contributed by atoms with van der Waals surface area (Å²) in [6.07, 6.45) is 6.62. The summed E-state index contributed by atoms with van der Waals surface area (Å²) in [4.78, 5) is 0. The van der Waals surface area contributed by atoms with Gasteiger partial charge in [-0.1, -0.05) is 73.6 Å². The normalized spacial score (nSPS) is 38.0. The van der Waals surface area contributed by atoms with Crippen LogP contribution in [0.4, 0.5) is 0 Å². The van der Waals surface area contributed by atoms with Crippen LogP contribution in [-0.2, 0) is 9.16 Å². The van der Waals surface area contributed by atoms with Crippen LogP contribution in [-0.4, -0.2) is 24.9 Å². The lowest BCUT2D eigenvalue weighted by Crippen LogP contribution is -2.50. The van der Waals surface area contributed by atoms with E-state index in [1.165, 1.54) is 12.8 Å². The number of thiol groups is 1. The first-order chi connectivity index (χ1) is 12.5. The fraction of sp³-hybridized carbons (Fsp3) is 0.870. The second-order valence-electron chi connectivity index (χ2n) is 11.6. The zero-order chi connectivity index (χ0) is 21.8. The van der Waals surface area contributed by atoms with E-state index >= 15 is 0 Å². The molecular weight excluding hydrogens is 400 g/mol. The third kappa shape index (κ3) is 3.67. The first kappa shape index (κ1) is 24.4. The third-order valence-electron chi connectivity index (χ3n) is 9.08. The molecule has 0 aromatic rings. The summed E-state index contributed by atoms with van der Waals surface area (Å²) in [5.41, 5.74) is 0.135. The van der Waals surface area contributed by atoms with Crippen molar-refractivity contribution in [3.05, 3.63) is 12.7 Å². The highest BCUT2D eigenvalue weighted by atomic mass is 32.1. The number of thiocarbonyl (C=S) groups is 1. The Balaban J connectivity index is 2.60. The van der Waals surface area contributed by atoms with Crippen molar-refractivity contribution in [1.82, 2.24) is 0 Å². The van der Waals surface area contributed by atoms with Gasteiger partial charge in [-0.3, -0.25) is 0 Å². The van der Waals surface area contributed by atoms with Crippen molar-refractivity contribution >= 4 is 37.5 Å². The van der Waals surface area contributed by atoms with Gasteiger partial charge in [0.05, 0.1) is 6.10 Å². The Labute approximate surface area is 185 Å². The monoisotopic (exact) mass is 442 g/mol. The molecule has 28 heavy (non-hydrogen) atoms. The van der Waals surface area contributed by atoms with Gasteiger partial charge in [0.1, 0.15) is 6.10 Å². The Morgan fingerprint density at radius 1 is 1.25 bits per heavy atom. The quantitative estimate of drug-likeness (QED) is 0.207. The summed E-state index contributed by atoms with van der Waals surface area (Å²) in [6, 6.07) is 0. The molecule has 0 amide bonds. The molecule has 5 atom stereocenters. The molecule has 1 unspecified atom stereocenters. The first-order valence-electron chi connectivity index (χ1n) is 10.7. The molecule has 2 nitrogen and oxygen atoms in total. The number of fused-ring (bicyclic) bond motifs is 2. The van der Waals surface area contributed by atoms with Crippen LogP contribution in [0.5, 0.6) is 0 Å². The molecule has 2 fully saturated rings. The van der Waals surface area contributed by atoms with E-state index < -0.39 is 8.32 Å². The summed E-state index contributed by atoms with van der Waals surface area (Å²) in [5.74, 6) is 0.282. The van der Waals surface area contributed by atoms with E-state index in [-0.39, 0.29) is 39.4 Å². The minimum Gasteiger partial charge on any atom is -0.474 e. The van der Waals surface area contributed by atoms with E-state index in [4.69, 9.17) is 21.4 Å². The third-order valence-corrected chi connectivity index (χ3v) is 13.8. The van der Waals surface area contributed by atoms with Gasteiger partial charge in [0.15, 0.2) is 8.32 Å². The van der Waals surface area contributed by atoms with E-state index in [0.717, 1.165) is 12.8 Å². The average Bonchev–Trinajstić information content (AvgIpc) is 2.56. The number of rotatable bonds is 5. The van der Waals surface area contributed by atoms with Gasteiger partial charge in [-0.2, -0.15) is 0 Å². The molecule has 2 aliphatic rings. The Bertz CT molecular complexity index is 625. The minimum absolute atomic E-state index is 0.00873. The number of hydrogen-bond donors (Lipinski definition) is 1. The number of hydrogen-bond acceptors (Lipinski definition) is 3. The Kier molecular flexibility index (Phi) is 6.71. The van der Waals surface area contributed by atoms with Crippen LogP contribution in [0, 0.1) is 22.2 Å². The van der Waals surface area contributed by atoms with Crippen molar-refractivity contribution in [1.29, 1.82) is 0 Å². The van der Waals surface area contributed by atoms with Crippen LogP contribution in [0.1, 0.15) is 74.1 Å². The van der Waals surface area contributed by atoms with Gasteiger partial charge >= 0.3 is 0 Å². The van der Waals surface area contributed by atoms with Crippen molar-refractivity contribution in [2.24, 2.45) is 22.2 Å². The van der Waals surface area contributed by atoms with Crippen molar-refractivity contribution in [2.75, 3.05) is 0 Å². The minimum atomic E-state index is -1.90. The lowest BCUT2D eigenvalue weighted by atomic mass is 9.55. The molecule has 0 aromatic carbocycles. The highest BCUT2D eigenvalue weighted by molar-refractivity contribution is 8.10. The van der Waals surface area contributed by atoms with Gasteiger partial charge in [-0.05, 0) is 60.4 Å². The predicted octanol–water partition coefficient (Wildman–Crippen LogP) is 7.41. The molecule has 0 aliphatic heterocycles. The molecule has 0 spiro atoms. The largest absolute Gasteiger partial charge is 0.474 e. The lowest BCUT2D eigenvalue weighted by Gasteiger charge is -2.49. The van der Waals surface area contributed by atoms with E-state index in [2.05, 4.69) is 86.8 Å². The molecule has 162 valence electrons. The molecule has 0 heterocycles. The van der Waals surface area contributed by atoms with Gasteiger partial charge in [-0.25, -0.2) is 0 Å². The standard InChI is InChI=1S/C23H42O2S2Si/c1-11-14-22(7)18(24-19(26)27)17-16(25-28(9,10)20(2,3)4)13-12-15-23(22,8)21(17,5)6/h11,16-18H,1,12-15H2,2-10H3,(H,26,27)/t16-,17-,18?,22-,23-/m1/s1. The van der Waals surface area contributed by atoms with Gasteiger partial charge < -0.3 is 9.16 Å². The summed E-state index contributed by atoms with van der Waals surface area (Å²) in [7, 11) is -1.90. The number of allylic oxidation sites excluding steroid dienone is 1. The van der Waals surface area contributed by atoms with E-state index in [0.29, 0.717) is 4.38 Å². The molecule has 0 saturated heterocycles. The fourth-order valence-corrected chi connectivity index (χ4v) is 7.53. The predicted molar refractivity (Wildman–Crippen MR) is 131 cm³/mol. The van der Waals surface area contributed by atoms with Gasteiger partial charge in [0, 0.05) is 11.3 Å². The topological polar surface area (TPSA) is 18.5 Å². The highest BCUT2D eigenvalue weighted by Crippen LogP contribution is 2.72. The van der Waals surface area contributed by atoms with Crippen LogP contribution in [0.3, 0.4) is 0 Å². The average molecular weight is 443 g/mol. The lowest BCUT2D eigenvalue weighted by molar-refractivity contribution is -0.0374.